The van der Waals surface area contributed by atoms with Crippen LogP contribution < -0.4 is 0 Å². The van der Waals surface area contributed by atoms with E-state index in [0.717, 1.165) is 27.7 Å². The van der Waals surface area contributed by atoms with E-state index in [0.29, 0.717) is 5.92 Å². The molecule has 0 amide bonds. The van der Waals surface area contributed by atoms with Crippen molar-refractivity contribution in [2.45, 2.75) is 19.8 Å². The van der Waals surface area contributed by atoms with E-state index in [1.807, 2.05) is 41.2 Å². The fraction of sp³-hybridized carbons (Fsp3) is 0.143. The van der Waals surface area contributed by atoms with Crippen molar-refractivity contribution in [1.29, 1.82) is 0 Å². The van der Waals surface area contributed by atoms with Crippen LogP contribution in [0.1, 0.15) is 36.6 Å². The van der Waals surface area contributed by atoms with Crippen molar-refractivity contribution >= 4 is 28.6 Å². The molecule has 3 nitrogen and oxygen atoms in total. The third kappa shape index (κ3) is 2.58. The highest BCUT2D eigenvalue weighted by Crippen LogP contribution is 2.25. The summed E-state index contributed by atoms with van der Waals surface area (Å²) in [6.07, 6.45) is 8.19. The van der Waals surface area contributed by atoms with E-state index in [2.05, 4.69) is 55.2 Å². The van der Waals surface area contributed by atoms with Gasteiger partial charge in [0.1, 0.15) is 0 Å². The van der Waals surface area contributed by atoms with Gasteiger partial charge in [-0.25, -0.2) is 4.52 Å². The van der Waals surface area contributed by atoms with Crippen molar-refractivity contribution in [2.24, 2.45) is 0 Å². The van der Waals surface area contributed by atoms with Crippen LogP contribution in [-0.4, -0.2) is 14.6 Å². The van der Waals surface area contributed by atoms with Gasteiger partial charge in [-0.3, -0.25) is 4.98 Å². The Morgan fingerprint density at radius 2 is 1.83 bits per heavy atom. The Hall–Kier alpha value is -2.94. The Morgan fingerprint density at radius 1 is 1.00 bits per heavy atom. The predicted octanol–water partition coefficient (Wildman–Crippen LogP) is 5.18. The molecular formula is C21H19N3. The normalized spacial score (nSPS) is 12.0. The van der Waals surface area contributed by atoms with E-state index in [9.17, 15) is 0 Å². The Balaban J connectivity index is 1.79. The van der Waals surface area contributed by atoms with Crippen molar-refractivity contribution in [3.8, 4) is 0 Å². The molecule has 0 radical (unpaired) electrons. The lowest BCUT2D eigenvalue weighted by molar-refractivity contribution is 0.787. The molecule has 0 saturated carbocycles. The molecule has 0 aliphatic heterocycles. The molecule has 3 aromatic heterocycles. The standard InChI is InChI=1S/C21H19N3/c1-15(2)21-18(20-9-5-6-12-24(20)23-21)11-10-16-13-17-7-3-4-8-19(17)22-14-16/h3-15H,1-2H3/b11-10+. The number of hydrogen-bond donors (Lipinski definition) is 0. The lowest BCUT2D eigenvalue weighted by Gasteiger charge is -2.02. The summed E-state index contributed by atoms with van der Waals surface area (Å²) in [4.78, 5) is 4.53. The van der Waals surface area contributed by atoms with Crippen LogP contribution in [0.5, 0.6) is 0 Å². The van der Waals surface area contributed by atoms with Gasteiger partial charge in [-0.15, -0.1) is 0 Å². The summed E-state index contributed by atoms with van der Waals surface area (Å²) < 4.78 is 1.95. The van der Waals surface area contributed by atoms with E-state index < -0.39 is 0 Å². The molecule has 24 heavy (non-hydrogen) atoms. The van der Waals surface area contributed by atoms with Gasteiger partial charge in [-0.2, -0.15) is 5.10 Å². The number of fused-ring (bicyclic) bond motifs is 2. The molecule has 118 valence electrons. The number of nitrogens with zero attached hydrogens (tertiary/aromatic N) is 3. The Bertz CT molecular complexity index is 1040. The first-order valence-electron chi connectivity index (χ1n) is 8.22. The SMILES string of the molecule is CC(C)c1nn2ccccc2c1/C=C/c1cnc2ccccc2c1. The highest BCUT2D eigenvalue weighted by molar-refractivity contribution is 5.84. The van der Waals surface area contributed by atoms with Crippen LogP contribution >= 0.6 is 0 Å². The first kappa shape index (κ1) is 14.6. The summed E-state index contributed by atoms with van der Waals surface area (Å²) in [5, 5.41) is 5.88. The van der Waals surface area contributed by atoms with Gasteiger partial charge in [-0.1, -0.05) is 50.3 Å². The van der Waals surface area contributed by atoms with Gasteiger partial charge in [0, 0.05) is 23.3 Å². The molecule has 1 aromatic carbocycles. The lowest BCUT2D eigenvalue weighted by Crippen LogP contribution is -1.91. The van der Waals surface area contributed by atoms with Crippen LogP contribution in [0.25, 0.3) is 28.6 Å². The van der Waals surface area contributed by atoms with Crippen LogP contribution in [0.4, 0.5) is 0 Å². The van der Waals surface area contributed by atoms with Gasteiger partial charge in [0.2, 0.25) is 0 Å². The van der Waals surface area contributed by atoms with Crippen LogP contribution in [0.3, 0.4) is 0 Å². The van der Waals surface area contributed by atoms with E-state index >= 15 is 0 Å². The quantitative estimate of drug-likeness (QED) is 0.522. The Kier molecular flexibility index (Phi) is 3.62. The monoisotopic (exact) mass is 313 g/mol. The summed E-state index contributed by atoms with van der Waals surface area (Å²) >= 11 is 0. The largest absolute Gasteiger partial charge is 0.256 e. The lowest BCUT2D eigenvalue weighted by atomic mass is 10.0. The number of benzene rings is 1. The van der Waals surface area contributed by atoms with Crippen molar-refractivity contribution in [2.75, 3.05) is 0 Å². The van der Waals surface area contributed by atoms with Gasteiger partial charge in [0.05, 0.1) is 16.7 Å². The average Bonchev–Trinajstić information content (AvgIpc) is 2.99. The zero-order chi connectivity index (χ0) is 16.5. The summed E-state index contributed by atoms with van der Waals surface area (Å²) in [6.45, 7) is 4.35. The third-order valence-electron chi connectivity index (χ3n) is 4.21. The molecule has 0 spiro atoms. The van der Waals surface area contributed by atoms with Gasteiger partial charge in [0.25, 0.3) is 0 Å². The first-order chi connectivity index (χ1) is 11.7. The van der Waals surface area contributed by atoms with Crippen molar-refractivity contribution in [1.82, 2.24) is 14.6 Å². The van der Waals surface area contributed by atoms with Crippen molar-refractivity contribution < 1.29 is 0 Å². The molecular weight excluding hydrogens is 294 g/mol. The summed E-state index contributed by atoms with van der Waals surface area (Å²) in [5.41, 5.74) is 5.54. The highest BCUT2D eigenvalue weighted by Gasteiger charge is 2.12. The van der Waals surface area contributed by atoms with Gasteiger partial charge in [-0.05, 0) is 35.7 Å². The zero-order valence-electron chi connectivity index (χ0n) is 13.8. The Morgan fingerprint density at radius 3 is 2.71 bits per heavy atom. The minimum atomic E-state index is 0.374. The summed E-state index contributed by atoms with van der Waals surface area (Å²) in [7, 11) is 0. The third-order valence-corrected chi connectivity index (χ3v) is 4.21. The highest BCUT2D eigenvalue weighted by atomic mass is 15.2. The molecule has 0 N–H and O–H groups in total. The van der Waals surface area contributed by atoms with Crippen LogP contribution in [-0.2, 0) is 0 Å². The molecule has 0 aliphatic carbocycles. The van der Waals surface area contributed by atoms with E-state index in [1.165, 1.54) is 5.56 Å². The maximum absolute atomic E-state index is 4.72. The molecule has 0 unspecified atom stereocenters. The van der Waals surface area contributed by atoms with Crippen LogP contribution in [0, 0.1) is 0 Å². The minimum absolute atomic E-state index is 0.374. The molecule has 0 saturated heterocycles. The fourth-order valence-corrected chi connectivity index (χ4v) is 2.99. The molecule has 0 atom stereocenters. The second-order valence-electron chi connectivity index (χ2n) is 6.28. The van der Waals surface area contributed by atoms with Gasteiger partial charge >= 0.3 is 0 Å². The number of rotatable bonds is 3. The van der Waals surface area contributed by atoms with Gasteiger partial charge < -0.3 is 0 Å². The fourth-order valence-electron chi connectivity index (χ4n) is 2.99. The number of hydrogen-bond acceptors (Lipinski definition) is 2. The molecule has 0 bridgehead atoms. The molecule has 4 rings (SSSR count). The van der Waals surface area contributed by atoms with Gasteiger partial charge in [0.15, 0.2) is 0 Å². The van der Waals surface area contributed by atoms with E-state index in [-0.39, 0.29) is 0 Å². The van der Waals surface area contributed by atoms with Crippen molar-refractivity contribution in [3.63, 3.8) is 0 Å². The van der Waals surface area contributed by atoms with Crippen molar-refractivity contribution in [3.05, 3.63) is 77.7 Å². The summed E-state index contributed by atoms with van der Waals surface area (Å²) in [5.74, 6) is 0.374. The predicted molar refractivity (Wildman–Crippen MR) is 100.0 cm³/mol. The number of pyridine rings is 2. The zero-order valence-corrected chi connectivity index (χ0v) is 13.8. The van der Waals surface area contributed by atoms with E-state index in [1.54, 1.807) is 0 Å². The van der Waals surface area contributed by atoms with E-state index in [4.69, 9.17) is 5.10 Å². The van der Waals surface area contributed by atoms with Crippen LogP contribution in [0.15, 0.2) is 60.9 Å². The second kappa shape index (κ2) is 5.93. The average molecular weight is 313 g/mol. The molecule has 0 fully saturated rings. The maximum atomic E-state index is 4.72. The second-order valence-corrected chi connectivity index (χ2v) is 6.28. The number of para-hydroxylation sites is 1. The minimum Gasteiger partial charge on any atom is -0.256 e. The molecule has 0 aliphatic rings. The molecule has 3 heterocycles. The van der Waals surface area contributed by atoms with Crippen LogP contribution in [0.2, 0.25) is 0 Å². The maximum Gasteiger partial charge on any atom is 0.0737 e. The summed E-state index contributed by atoms with van der Waals surface area (Å²) in [6, 6.07) is 16.5. The number of aromatic nitrogens is 3. The molecule has 4 aromatic rings. The molecule has 3 heteroatoms. The topological polar surface area (TPSA) is 30.2 Å². The smallest absolute Gasteiger partial charge is 0.0737 e. The Labute approximate surface area is 141 Å². The first-order valence-corrected chi connectivity index (χ1v) is 8.22.